The van der Waals surface area contributed by atoms with Crippen molar-refractivity contribution in [3.05, 3.63) is 45.4 Å². The molecule has 0 aliphatic heterocycles. The minimum atomic E-state index is -0.257. The van der Waals surface area contributed by atoms with Crippen molar-refractivity contribution in [1.29, 1.82) is 0 Å². The van der Waals surface area contributed by atoms with Gasteiger partial charge in [-0.05, 0) is 17.7 Å². The molecular weight excluding hydrogens is 286 g/mol. The van der Waals surface area contributed by atoms with Gasteiger partial charge in [0.2, 0.25) is 0 Å². The number of ether oxygens (including phenoxy) is 2. The summed E-state index contributed by atoms with van der Waals surface area (Å²) in [5.74, 6) is 0.478. The second-order valence-electron chi connectivity index (χ2n) is 3.77. The Bertz CT molecular complexity index is 553. The minimum absolute atomic E-state index is 0.257. The van der Waals surface area contributed by atoms with E-state index in [4.69, 9.17) is 16.3 Å². The van der Waals surface area contributed by atoms with E-state index in [9.17, 15) is 4.79 Å². The number of nitrogens with zero attached hydrogens (tertiary/aromatic N) is 1. The van der Waals surface area contributed by atoms with E-state index in [0.29, 0.717) is 11.1 Å². The van der Waals surface area contributed by atoms with Crippen molar-refractivity contribution in [1.82, 2.24) is 4.98 Å². The molecule has 0 fully saturated rings. The van der Waals surface area contributed by atoms with Gasteiger partial charge in [-0.1, -0.05) is 23.7 Å². The summed E-state index contributed by atoms with van der Waals surface area (Å²) in [6.45, 7) is 0.431. The molecule has 0 aliphatic carbocycles. The van der Waals surface area contributed by atoms with Crippen molar-refractivity contribution in [2.24, 2.45) is 0 Å². The second-order valence-corrected chi connectivity index (χ2v) is 5.46. The predicted molar refractivity (Wildman–Crippen MR) is 73.6 cm³/mol. The first-order chi connectivity index (χ1) is 9.17. The number of benzene rings is 1. The number of esters is 1. The van der Waals surface area contributed by atoms with Crippen molar-refractivity contribution in [3.8, 4) is 5.75 Å². The zero-order chi connectivity index (χ0) is 13.7. The lowest BCUT2D eigenvalue weighted by atomic mass is 10.1. The first-order valence-electron chi connectivity index (χ1n) is 5.56. The molecule has 0 saturated carbocycles. The summed E-state index contributed by atoms with van der Waals surface area (Å²) in [6, 6.07) is 7.32. The lowest BCUT2D eigenvalue weighted by molar-refractivity contribution is -0.139. The van der Waals surface area contributed by atoms with Crippen LogP contribution in [0.2, 0.25) is 4.47 Å². The zero-order valence-corrected chi connectivity index (χ0v) is 11.8. The maximum atomic E-state index is 11.1. The third kappa shape index (κ3) is 4.22. The fourth-order valence-corrected chi connectivity index (χ4v) is 2.34. The highest BCUT2D eigenvalue weighted by atomic mass is 35.5. The van der Waals surface area contributed by atoms with Gasteiger partial charge in [0.05, 0.1) is 18.4 Å². The molecule has 4 nitrogen and oxygen atoms in total. The Labute approximate surface area is 120 Å². The molecule has 0 saturated heterocycles. The van der Waals surface area contributed by atoms with E-state index in [0.717, 1.165) is 16.2 Å². The van der Waals surface area contributed by atoms with Crippen molar-refractivity contribution in [2.45, 2.75) is 13.0 Å². The highest BCUT2D eigenvalue weighted by Crippen LogP contribution is 2.20. The van der Waals surface area contributed by atoms with E-state index in [1.165, 1.54) is 18.4 Å². The van der Waals surface area contributed by atoms with Gasteiger partial charge >= 0.3 is 5.97 Å². The van der Waals surface area contributed by atoms with Gasteiger partial charge in [0, 0.05) is 6.20 Å². The lowest BCUT2D eigenvalue weighted by Gasteiger charge is -2.05. The molecule has 0 radical (unpaired) electrons. The fraction of sp³-hybridized carbons (Fsp3) is 0.231. The zero-order valence-electron chi connectivity index (χ0n) is 10.3. The number of methoxy groups -OCH3 is 1. The number of carbonyl (C=O) groups is 1. The molecule has 6 heteroatoms. The SMILES string of the molecule is COC(=O)Cc1ccc(OCc2cnc(Cl)s2)cc1. The Morgan fingerprint density at radius 3 is 2.68 bits per heavy atom. The van der Waals surface area contributed by atoms with Gasteiger partial charge in [0.1, 0.15) is 12.4 Å². The van der Waals surface area contributed by atoms with Crippen LogP contribution in [-0.4, -0.2) is 18.1 Å². The van der Waals surface area contributed by atoms with E-state index in [-0.39, 0.29) is 12.4 Å². The highest BCUT2D eigenvalue weighted by Gasteiger charge is 2.04. The molecule has 1 heterocycles. The van der Waals surface area contributed by atoms with Crippen LogP contribution < -0.4 is 4.74 Å². The number of aromatic nitrogens is 1. The quantitative estimate of drug-likeness (QED) is 0.796. The monoisotopic (exact) mass is 297 g/mol. The molecule has 0 N–H and O–H groups in total. The summed E-state index contributed by atoms with van der Waals surface area (Å²) in [7, 11) is 1.38. The Hall–Kier alpha value is -1.59. The van der Waals surface area contributed by atoms with E-state index < -0.39 is 0 Å². The average molecular weight is 298 g/mol. The summed E-state index contributed by atoms with van der Waals surface area (Å²) in [4.78, 5) is 16.0. The maximum absolute atomic E-state index is 11.1. The predicted octanol–water partition coefficient (Wildman–Crippen LogP) is 3.09. The number of rotatable bonds is 5. The normalized spacial score (nSPS) is 10.2. The van der Waals surface area contributed by atoms with Gasteiger partial charge in [0.25, 0.3) is 0 Å². The van der Waals surface area contributed by atoms with Crippen LogP contribution in [0.15, 0.2) is 30.5 Å². The Morgan fingerprint density at radius 1 is 1.37 bits per heavy atom. The third-order valence-corrected chi connectivity index (χ3v) is 3.49. The van der Waals surface area contributed by atoms with Crippen molar-refractivity contribution >= 4 is 28.9 Å². The number of hydrogen-bond acceptors (Lipinski definition) is 5. The minimum Gasteiger partial charge on any atom is -0.488 e. The Kier molecular flexibility index (Phi) is 4.76. The second kappa shape index (κ2) is 6.54. The molecular formula is C13H12ClNO3S. The van der Waals surface area contributed by atoms with Crippen molar-refractivity contribution in [2.75, 3.05) is 7.11 Å². The van der Waals surface area contributed by atoms with Gasteiger partial charge in [-0.2, -0.15) is 0 Å². The number of hydrogen-bond donors (Lipinski definition) is 0. The summed E-state index contributed by atoms with van der Waals surface area (Å²) in [5.41, 5.74) is 0.889. The van der Waals surface area contributed by atoms with Gasteiger partial charge in [-0.3, -0.25) is 4.79 Å². The van der Waals surface area contributed by atoms with Crippen LogP contribution in [0.4, 0.5) is 0 Å². The molecule has 2 aromatic rings. The molecule has 0 atom stereocenters. The molecule has 0 bridgehead atoms. The van der Waals surface area contributed by atoms with Gasteiger partial charge < -0.3 is 9.47 Å². The largest absolute Gasteiger partial charge is 0.488 e. The summed E-state index contributed by atoms with van der Waals surface area (Å²) < 4.78 is 10.7. The number of halogens is 1. The van der Waals surface area contributed by atoms with E-state index in [1.807, 2.05) is 24.3 Å². The lowest BCUT2D eigenvalue weighted by Crippen LogP contribution is -2.04. The van der Waals surface area contributed by atoms with Crippen LogP contribution in [0.3, 0.4) is 0 Å². The van der Waals surface area contributed by atoms with Crippen molar-refractivity contribution in [3.63, 3.8) is 0 Å². The van der Waals surface area contributed by atoms with E-state index in [2.05, 4.69) is 9.72 Å². The van der Waals surface area contributed by atoms with Crippen LogP contribution in [0.25, 0.3) is 0 Å². The molecule has 2 rings (SSSR count). The summed E-state index contributed by atoms with van der Waals surface area (Å²) >= 11 is 7.12. The molecule has 19 heavy (non-hydrogen) atoms. The molecule has 0 unspecified atom stereocenters. The maximum Gasteiger partial charge on any atom is 0.309 e. The van der Waals surface area contributed by atoms with Crippen LogP contribution >= 0.6 is 22.9 Å². The molecule has 0 amide bonds. The topological polar surface area (TPSA) is 48.4 Å². The Morgan fingerprint density at radius 2 is 2.11 bits per heavy atom. The van der Waals surface area contributed by atoms with Crippen LogP contribution in [0.1, 0.15) is 10.4 Å². The van der Waals surface area contributed by atoms with Crippen LogP contribution in [-0.2, 0) is 22.6 Å². The van der Waals surface area contributed by atoms with Gasteiger partial charge in [-0.15, -0.1) is 11.3 Å². The fourth-order valence-electron chi connectivity index (χ4n) is 1.45. The number of thiazole rings is 1. The molecule has 1 aromatic heterocycles. The summed E-state index contributed by atoms with van der Waals surface area (Å²) in [6.07, 6.45) is 1.96. The third-order valence-electron chi connectivity index (χ3n) is 2.41. The van der Waals surface area contributed by atoms with Crippen LogP contribution in [0, 0.1) is 0 Å². The van der Waals surface area contributed by atoms with E-state index in [1.54, 1.807) is 6.20 Å². The van der Waals surface area contributed by atoms with E-state index >= 15 is 0 Å². The average Bonchev–Trinajstić information content (AvgIpc) is 2.83. The van der Waals surface area contributed by atoms with Crippen LogP contribution in [0.5, 0.6) is 5.75 Å². The van der Waals surface area contributed by atoms with Crippen molar-refractivity contribution < 1.29 is 14.3 Å². The van der Waals surface area contributed by atoms with Gasteiger partial charge in [0.15, 0.2) is 4.47 Å². The Balaban J connectivity index is 1.89. The molecule has 0 aliphatic rings. The molecule has 100 valence electrons. The molecule has 0 spiro atoms. The first-order valence-corrected chi connectivity index (χ1v) is 6.75. The number of carbonyl (C=O) groups excluding carboxylic acids is 1. The highest BCUT2D eigenvalue weighted by molar-refractivity contribution is 7.15. The first kappa shape index (κ1) is 13.8. The summed E-state index contributed by atoms with van der Waals surface area (Å²) in [5, 5.41) is 0. The molecule has 1 aromatic carbocycles. The standard InChI is InChI=1S/C13H12ClNO3S/c1-17-12(16)6-9-2-4-10(5-3-9)18-8-11-7-15-13(14)19-11/h2-5,7H,6,8H2,1H3. The smallest absolute Gasteiger partial charge is 0.309 e. The van der Waals surface area contributed by atoms with Gasteiger partial charge in [-0.25, -0.2) is 4.98 Å².